The van der Waals surface area contributed by atoms with Crippen molar-refractivity contribution in [3.8, 4) is 11.4 Å². The molecule has 0 fully saturated rings. The molecule has 0 aliphatic rings. The summed E-state index contributed by atoms with van der Waals surface area (Å²) in [5.41, 5.74) is 1.44. The lowest BCUT2D eigenvalue weighted by molar-refractivity contribution is -0.138. The van der Waals surface area contributed by atoms with Crippen LogP contribution >= 0.6 is 11.6 Å². The Morgan fingerprint density at radius 3 is 2.50 bits per heavy atom. The van der Waals surface area contributed by atoms with Crippen LogP contribution in [0.5, 0.6) is 0 Å². The van der Waals surface area contributed by atoms with Crippen molar-refractivity contribution in [3.63, 3.8) is 0 Å². The summed E-state index contributed by atoms with van der Waals surface area (Å²) in [6.45, 7) is 3.98. The van der Waals surface area contributed by atoms with Crippen LogP contribution in [0, 0.1) is 5.92 Å². The van der Waals surface area contributed by atoms with Crippen molar-refractivity contribution in [1.29, 1.82) is 0 Å². The van der Waals surface area contributed by atoms with Crippen molar-refractivity contribution >= 4 is 34.3 Å². The first kappa shape index (κ1) is 18.1. The van der Waals surface area contributed by atoms with Crippen molar-refractivity contribution in [2.75, 3.05) is 5.32 Å². The number of nitrogens with one attached hydrogen (secondary N) is 1. The zero-order valence-corrected chi connectivity index (χ0v) is 15.4. The predicted octanol–water partition coefficient (Wildman–Crippen LogP) is 4.86. The topological polar surface area (TPSA) is 75.1 Å². The van der Waals surface area contributed by atoms with Gasteiger partial charge >= 0.3 is 5.97 Å². The summed E-state index contributed by atoms with van der Waals surface area (Å²) in [4.78, 5) is 20.8. The van der Waals surface area contributed by atoms with Crippen molar-refractivity contribution in [1.82, 2.24) is 9.97 Å². The average molecular weight is 370 g/mol. The quantitative estimate of drug-likeness (QED) is 0.648. The van der Waals surface area contributed by atoms with Crippen LogP contribution in [0.1, 0.15) is 20.3 Å². The molecular formula is C20H20ClN3O2. The molecule has 2 N–H and O–H groups in total. The summed E-state index contributed by atoms with van der Waals surface area (Å²) < 4.78 is 0. The summed E-state index contributed by atoms with van der Waals surface area (Å²) in [5, 5.41) is 14.0. The molecule has 2 aromatic carbocycles. The minimum atomic E-state index is -0.902. The highest BCUT2D eigenvalue weighted by atomic mass is 35.5. The molecule has 3 aromatic rings. The highest BCUT2D eigenvalue weighted by molar-refractivity contribution is 6.33. The lowest BCUT2D eigenvalue weighted by Gasteiger charge is -2.19. The molecule has 0 amide bonds. The monoisotopic (exact) mass is 369 g/mol. The van der Waals surface area contributed by atoms with E-state index in [2.05, 4.69) is 15.3 Å². The number of aromatic nitrogens is 2. The van der Waals surface area contributed by atoms with Gasteiger partial charge in [0, 0.05) is 10.9 Å². The molecule has 5 nitrogen and oxygen atoms in total. The zero-order valence-electron chi connectivity index (χ0n) is 14.6. The van der Waals surface area contributed by atoms with Crippen LogP contribution in [0.25, 0.3) is 22.3 Å². The molecule has 0 aliphatic carbocycles. The number of hydrogen-bond donors (Lipinski definition) is 2. The molecule has 6 heteroatoms. The average Bonchev–Trinajstić information content (AvgIpc) is 2.61. The van der Waals surface area contributed by atoms with E-state index >= 15 is 0 Å². The summed E-state index contributed by atoms with van der Waals surface area (Å²) in [6.07, 6.45) is 0.495. The maximum absolute atomic E-state index is 11.7. The first-order chi connectivity index (χ1) is 12.5. The third-order valence-electron chi connectivity index (χ3n) is 4.03. The van der Waals surface area contributed by atoms with Gasteiger partial charge in [-0.2, -0.15) is 0 Å². The van der Waals surface area contributed by atoms with Gasteiger partial charge < -0.3 is 10.4 Å². The maximum Gasteiger partial charge on any atom is 0.326 e. The van der Waals surface area contributed by atoms with Crippen LogP contribution in [-0.2, 0) is 4.79 Å². The summed E-state index contributed by atoms with van der Waals surface area (Å²) in [6, 6.07) is 14.1. The number of carboxylic acid groups (broad SMARTS) is 1. The van der Waals surface area contributed by atoms with E-state index in [1.165, 1.54) is 0 Å². The minimum absolute atomic E-state index is 0.236. The first-order valence-corrected chi connectivity index (χ1v) is 8.84. The number of para-hydroxylation sites is 1. The normalized spacial score (nSPS) is 12.3. The SMILES string of the molecule is CC(C)CC(Nc1nc(-c2ccccc2Cl)nc2ccccc12)C(=O)O. The molecule has 0 aliphatic heterocycles. The maximum atomic E-state index is 11.7. The summed E-state index contributed by atoms with van der Waals surface area (Å²) in [7, 11) is 0. The van der Waals surface area contributed by atoms with E-state index in [9.17, 15) is 9.90 Å². The second-order valence-corrected chi connectivity index (χ2v) is 6.96. The Kier molecular flexibility index (Phi) is 5.38. The lowest BCUT2D eigenvalue weighted by atomic mass is 10.0. The van der Waals surface area contributed by atoms with Crippen LogP contribution in [0.4, 0.5) is 5.82 Å². The van der Waals surface area contributed by atoms with Gasteiger partial charge in [0.2, 0.25) is 0 Å². The fourth-order valence-electron chi connectivity index (χ4n) is 2.81. The fourth-order valence-corrected chi connectivity index (χ4v) is 3.03. The van der Waals surface area contributed by atoms with Gasteiger partial charge in [-0.3, -0.25) is 0 Å². The van der Waals surface area contributed by atoms with Gasteiger partial charge in [-0.1, -0.05) is 49.7 Å². The molecule has 1 heterocycles. The van der Waals surface area contributed by atoms with E-state index in [0.29, 0.717) is 28.6 Å². The molecule has 1 unspecified atom stereocenters. The fraction of sp³-hybridized carbons (Fsp3) is 0.250. The molecule has 26 heavy (non-hydrogen) atoms. The van der Waals surface area contributed by atoms with Crippen LogP contribution in [0.2, 0.25) is 5.02 Å². The Labute approximate surface area is 157 Å². The van der Waals surface area contributed by atoms with Gasteiger partial charge in [0.1, 0.15) is 11.9 Å². The van der Waals surface area contributed by atoms with Crippen molar-refractivity contribution in [2.24, 2.45) is 5.92 Å². The first-order valence-electron chi connectivity index (χ1n) is 8.46. The van der Waals surface area contributed by atoms with Gasteiger partial charge in [0.15, 0.2) is 5.82 Å². The second kappa shape index (κ2) is 7.70. The van der Waals surface area contributed by atoms with Gasteiger partial charge in [0.25, 0.3) is 0 Å². The standard InChI is InChI=1S/C20H20ClN3O2/c1-12(2)11-17(20(25)26)23-19-14-8-4-6-10-16(14)22-18(24-19)13-7-3-5-9-15(13)21/h3-10,12,17H,11H2,1-2H3,(H,25,26)(H,22,23,24). The molecule has 1 aromatic heterocycles. The zero-order chi connectivity index (χ0) is 18.7. The van der Waals surface area contributed by atoms with E-state index in [1.807, 2.05) is 56.3 Å². The van der Waals surface area contributed by atoms with Gasteiger partial charge in [-0.15, -0.1) is 0 Å². The third-order valence-corrected chi connectivity index (χ3v) is 4.36. The minimum Gasteiger partial charge on any atom is -0.480 e. The van der Waals surface area contributed by atoms with Crippen LogP contribution < -0.4 is 5.32 Å². The summed E-state index contributed by atoms with van der Waals surface area (Å²) >= 11 is 6.29. The summed E-state index contributed by atoms with van der Waals surface area (Å²) in [5.74, 6) is 0.296. The number of rotatable bonds is 6. The molecule has 0 saturated carbocycles. The van der Waals surface area contributed by atoms with E-state index in [-0.39, 0.29) is 5.92 Å². The largest absolute Gasteiger partial charge is 0.480 e. The molecule has 0 radical (unpaired) electrons. The number of carbonyl (C=O) groups is 1. The number of fused-ring (bicyclic) bond motifs is 1. The van der Waals surface area contributed by atoms with E-state index in [0.717, 1.165) is 10.9 Å². The van der Waals surface area contributed by atoms with Gasteiger partial charge in [-0.05, 0) is 36.6 Å². The number of aliphatic carboxylic acids is 1. The number of hydrogen-bond acceptors (Lipinski definition) is 4. The molecular weight excluding hydrogens is 350 g/mol. The van der Waals surface area contributed by atoms with E-state index in [1.54, 1.807) is 6.07 Å². The Balaban J connectivity index is 2.11. The molecule has 134 valence electrons. The Hall–Kier alpha value is -2.66. The molecule has 0 bridgehead atoms. The van der Waals surface area contributed by atoms with E-state index < -0.39 is 12.0 Å². The van der Waals surface area contributed by atoms with Crippen LogP contribution in [0.15, 0.2) is 48.5 Å². The molecule has 1 atom stereocenters. The molecule has 0 saturated heterocycles. The lowest BCUT2D eigenvalue weighted by Crippen LogP contribution is -2.31. The van der Waals surface area contributed by atoms with Crippen molar-refractivity contribution in [3.05, 3.63) is 53.6 Å². The predicted molar refractivity (Wildman–Crippen MR) is 104 cm³/mol. The number of benzene rings is 2. The number of anilines is 1. The number of nitrogens with zero attached hydrogens (tertiary/aromatic N) is 2. The van der Waals surface area contributed by atoms with Crippen LogP contribution in [0.3, 0.4) is 0 Å². The smallest absolute Gasteiger partial charge is 0.326 e. The van der Waals surface area contributed by atoms with E-state index in [4.69, 9.17) is 11.6 Å². The highest BCUT2D eigenvalue weighted by Crippen LogP contribution is 2.29. The molecule has 0 spiro atoms. The Bertz CT molecular complexity index is 943. The molecule has 3 rings (SSSR count). The second-order valence-electron chi connectivity index (χ2n) is 6.56. The van der Waals surface area contributed by atoms with Crippen molar-refractivity contribution < 1.29 is 9.90 Å². The Morgan fingerprint density at radius 2 is 1.81 bits per heavy atom. The van der Waals surface area contributed by atoms with Crippen LogP contribution in [-0.4, -0.2) is 27.1 Å². The third kappa shape index (κ3) is 3.94. The van der Waals surface area contributed by atoms with Crippen molar-refractivity contribution in [2.45, 2.75) is 26.3 Å². The number of halogens is 1. The van der Waals surface area contributed by atoms with Gasteiger partial charge in [-0.25, -0.2) is 14.8 Å². The Morgan fingerprint density at radius 1 is 1.12 bits per heavy atom. The highest BCUT2D eigenvalue weighted by Gasteiger charge is 2.21. The number of carboxylic acids is 1. The van der Waals surface area contributed by atoms with Gasteiger partial charge in [0.05, 0.1) is 10.5 Å².